The first-order valence-electron chi connectivity index (χ1n) is 6.25. The van der Waals surface area contributed by atoms with Crippen molar-refractivity contribution in [1.82, 2.24) is 4.98 Å². The highest BCUT2D eigenvalue weighted by molar-refractivity contribution is 7.87. The summed E-state index contributed by atoms with van der Waals surface area (Å²) in [4.78, 5) is 3.57. The Kier molecular flexibility index (Phi) is 4.73. The number of rotatable bonds is 3. The first-order chi connectivity index (χ1) is 11.1. The summed E-state index contributed by atoms with van der Waals surface area (Å²) in [5.41, 5.74) is -5.70. The minimum absolute atomic E-state index is 0.00880. The Morgan fingerprint density at radius 2 is 1.83 bits per heavy atom. The third-order valence-corrected chi connectivity index (χ3v) is 4.32. The van der Waals surface area contributed by atoms with E-state index >= 15 is 0 Å². The number of hydrogen-bond acceptors (Lipinski definition) is 5. The molecule has 126 valence electrons. The predicted molar refractivity (Wildman–Crippen MR) is 79.7 cm³/mol. The first kappa shape index (κ1) is 18.0. The van der Waals surface area contributed by atoms with Crippen molar-refractivity contribution >= 4 is 21.7 Å². The Labute approximate surface area is 140 Å². The minimum Gasteiger partial charge on any atom is -0.354 e. The third kappa shape index (κ3) is 3.29. The van der Waals surface area contributed by atoms with Crippen LogP contribution in [0.2, 0.25) is 5.02 Å². The summed E-state index contributed by atoms with van der Waals surface area (Å²) in [6, 6.07) is 9.64. The number of nitrogens with zero attached hydrogens (tertiary/aromatic N) is 2. The van der Waals surface area contributed by atoms with Gasteiger partial charge in [-0.2, -0.15) is 26.9 Å². The van der Waals surface area contributed by atoms with Gasteiger partial charge in [0.2, 0.25) is 0 Å². The van der Waals surface area contributed by atoms with E-state index in [4.69, 9.17) is 11.6 Å². The zero-order chi connectivity index (χ0) is 18.1. The second kappa shape index (κ2) is 6.30. The van der Waals surface area contributed by atoms with E-state index in [0.29, 0.717) is 5.56 Å². The van der Waals surface area contributed by atoms with Crippen molar-refractivity contribution in [3.8, 4) is 23.1 Å². The van der Waals surface area contributed by atoms with Gasteiger partial charge in [0, 0.05) is 5.56 Å². The summed E-state index contributed by atoms with van der Waals surface area (Å²) in [5, 5.41) is 9.28. The standard InChI is InChI=1S/C14H8ClF3N2O3S/c1-8-12(15)11(9-5-3-2-4-6-9)10(7-19)13(20-8)23-24(21,22)14(16,17)18/h2-6H,1H3. The van der Waals surface area contributed by atoms with Gasteiger partial charge in [0.05, 0.1) is 10.7 Å². The van der Waals surface area contributed by atoms with Gasteiger partial charge in [-0.05, 0) is 12.5 Å². The first-order valence-corrected chi connectivity index (χ1v) is 8.03. The maximum absolute atomic E-state index is 12.5. The van der Waals surface area contributed by atoms with Gasteiger partial charge in [0.1, 0.15) is 11.6 Å². The number of alkyl halides is 3. The zero-order valence-electron chi connectivity index (χ0n) is 11.9. The van der Waals surface area contributed by atoms with Crippen LogP contribution in [0.25, 0.3) is 11.1 Å². The molecule has 2 aromatic rings. The van der Waals surface area contributed by atoms with Crippen LogP contribution in [0.1, 0.15) is 11.3 Å². The smallest absolute Gasteiger partial charge is 0.354 e. The van der Waals surface area contributed by atoms with Crippen molar-refractivity contribution in [3.05, 3.63) is 46.6 Å². The van der Waals surface area contributed by atoms with E-state index < -0.39 is 27.1 Å². The summed E-state index contributed by atoms with van der Waals surface area (Å²) in [6.07, 6.45) is 0. The van der Waals surface area contributed by atoms with Gasteiger partial charge in [-0.1, -0.05) is 41.9 Å². The summed E-state index contributed by atoms with van der Waals surface area (Å²) in [7, 11) is -5.97. The molecule has 1 heterocycles. The molecule has 0 aliphatic carbocycles. The number of halogens is 4. The molecular weight excluding hydrogens is 369 g/mol. The summed E-state index contributed by atoms with van der Waals surface area (Å²) >= 11 is 6.10. The van der Waals surface area contributed by atoms with E-state index in [-0.39, 0.29) is 16.3 Å². The molecule has 0 saturated heterocycles. The fourth-order valence-electron chi connectivity index (χ4n) is 1.85. The molecule has 24 heavy (non-hydrogen) atoms. The molecule has 5 nitrogen and oxygen atoms in total. The van der Waals surface area contributed by atoms with Crippen LogP contribution < -0.4 is 4.18 Å². The lowest BCUT2D eigenvalue weighted by Gasteiger charge is -2.14. The average Bonchev–Trinajstić information content (AvgIpc) is 2.49. The number of pyridine rings is 1. The second-order valence-corrected chi connectivity index (χ2v) is 6.44. The average molecular weight is 377 g/mol. The maximum Gasteiger partial charge on any atom is 0.534 e. The highest BCUT2D eigenvalue weighted by atomic mass is 35.5. The van der Waals surface area contributed by atoms with Crippen LogP contribution in [0, 0.1) is 18.3 Å². The molecule has 0 bridgehead atoms. The van der Waals surface area contributed by atoms with Crippen LogP contribution in [-0.4, -0.2) is 18.9 Å². The molecule has 0 amide bonds. The minimum atomic E-state index is -5.97. The molecule has 10 heteroatoms. The van der Waals surface area contributed by atoms with E-state index in [1.165, 1.54) is 6.92 Å². The van der Waals surface area contributed by atoms with Crippen molar-refractivity contribution in [1.29, 1.82) is 5.26 Å². The Bertz CT molecular complexity index is 923. The summed E-state index contributed by atoms with van der Waals surface area (Å²) in [5.74, 6) is -0.976. The van der Waals surface area contributed by atoms with Crippen LogP contribution in [0.3, 0.4) is 0 Å². The zero-order valence-corrected chi connectivity index (χ0v) is 13.5. The molecule has 0 aliphatic heterocycles. The summed E-state index contributed by atoms with van der Waals surface area (Å²) in [6.45, 7) is 1.35. The molecule has 0 atom stereocenters. The van der Waals surface area contributed by atoms with Crippen LogP contribution in [0.5, 0.6) is 5.88 Å². The normalized spacial score (nSPS) is 11.8. The van der Waals surface area contributed by atoms with Crippen molar-refractivity contribution in [2.75, 3.05) is 0 Å². The molecular formula is C14H8ClF3N2O3S. The van der Waals surface area contributed by atoms with Gasteiger partial charge in [0.25, 0.3) is 5.88 Å². The van der Waals surface area contributed by atoms with E-state index in [1.54, 1.807) is 36.4 Å². The van der Waals surface area contributed by atoms with E-state index in [9.17, 15) is 26.9 Å². The topological polar surface area (TPSA) is 80.0 Å². The van der Waals surface area contributed by atoms with Gasteiger partial charge in [-0.3, -0.25) is 0 Å². The molecule has 0 saturated carbocycles. The monoisotopic (exact) mass is 376 g/mol. The molecule has 0 unspecified atom stereocenters. The Balaban J connectivity index is 2.73. The lowest BCUT2D eigenvalue weighted by molar-refractivity contribution is -0.0501. The Morgan fingerprint density at radius 1 is 1.25 bits per heavy atom. The SMILES string of the molecule is Cc1nc(OS(=O)(=O)C(F)(F)F)c(C#N)c(-c2ccccc2)c1Cl. The van der Waals surface area contributed by atoms with Gasteiger partial charge >= 0.3 is 15.6 Å². The predicted octanol–water partition coefficient (Wildman–Crippen LogP) is 3.81. The maximum atomic E-state index is 12.5. The fraction of sp³-hybridized carbons (Fsp3) is 0.143. The molecule has 0 spiro atoms. The van der Waals surface area contributed by atoms with Crippen molar-refractivity contribution in [2.24, 2.45) is 0 Å². The van der Waals surface area contributed by atoms with Crippen molar-refractivity contribution < 1.29 is 25.8 Å². The van der Waals surface area contributed by atoms with Crippen molar-refractivity contribution in [3.63, 3.8) is 0 Å². The van der Waals surface area contributed by atoms with E-state index in [2.05, 4.69) is 9.17 Å². The van der Waals surface area contributed by atoms with Gasteiger partial charge in [0.15, 0.2) is 0 Å². The number of benzene rings is 1. The Hall–Kier alpha value is -2.31. The quantitative estimate of drug-likeness (QED) is 0.601. The second-order valence-electron chi connectivity index (χ2n) is 4.53. The number of aromatic nitrogens is 1. The fourth-order valence-corrected chi connectivity index (χ4v) is 2.51. The molecule has 1 aromatic carbocycles. The van der Waals surface area contributed by atoms with Crippen LogP contribution in [0.4, 0.5) is 13.2 Å². The number of nitriles is 1. The molecule has 0 N–H and O–H groups in total. The summed E-state index contributed by atoms with van der Waals surface area (Å²) < 4.78 is 64.0. The van der Waals surface area contributed by atoms with Crippen LogP contribution in [0.15, 0.2) is 30.3 Å². The number of hydrogen-bond donors (Lipinski definition) is 0. The third-order valence-electron chi connectivity index (χ3n) is 2.92. The molecule has 0 radical (unpaired) electrons. The molecule has 2 rings (SSSR count). The largest absolute Gasteiger partial charge is 0.534 e. The van der Waals surface area contributed by atoms with E-state index in [0.717, 1.165) is 0 Å². The lowest BCUT2D eigenvalue weighted by atomic mass is 10.0. The number of aryl methyl sites for hydroxylation is 1. The van der Waals surface area contributed by atoms with E-state index in [1.807, 2.05) is 0 Å². The molecule has 0 fully saturated rings. The van der Waals surface area contributed by atoms with Gasteiger partial charge < -0.3 is 4.18 Å². The van der Waals surface area contributed by atoms with Crippen LogP contribution >= 0.6 is 11.6 Å². The highest BCUT2D eigenvalue weighted by Crippen LogP contribution is 2.38. The van der Waals surface area contributed by atoms with Crippen LogP contribution in [-0.2, 0) is 10.1 Å². The molecule has 1 aromatic heterocycles. The lowest BCUT2D eigenvalue weighted by Crippen LogP contribution is -2.28. The van der Waals surface area contributed by atoms with Crippen molar-refractivity contribution in [2.45, 2.75) is 12.4 Å². The highest BCUT2D eigenvalue weighted by Gasteiger charge is 2.49. The van der Waals surface area contributed by atoms with Gasteiger partial charge in [-0.25, -0.2) is 4.98 Å². The molecule has 0 aliphatic rings. The Morgan fingerprint density at radius 3 is 2.33 bits per heavy atom. The van der Waals surface area contributed by atoms with Gasteiger partial charge in [-0.15, -0.1) is 0 Å².